The fourth-order valence-corrected chi connectivity index (χ4v) is 4.20. The van der Waals surface area contributed by atoms with E-state index in [1.807, 2.05) is 0 Å². The Morgan fingerprint density at radius 1 is 1.43 bits per heavy atom. The first-order valence-corrected chi connectivity index (χ1v) is 9.55. The van der Waals surface area contributed by atoms with E-state index in [9.17, 15) is 17.9 Å². The maximum Gasteiger partial charge on any atom is 0.274 e. The number of methoxy groups -OCH3 is 1. The normalized spacial score (nSPS) is 20.2. The van der Waals surface area contributed by atoms with E-state index in [1.165, 1.54) is 19.2 Å². The zero-order valence-corrected chi connectivity index (χ0v) is 15.9. The Labute approximate surface area is 164 Å². The lowest BCUT2D eigenvalue weighted by atomic mass is 9.90. The molecular formula is C18H18F2N4O3S. The van der Waals surface area contributed by atoms with Gasteiger partial charge < -0.3 is 14.4 Å². The van der Waals surface area contributed by atoms with Gasteiger partial charge in [-0.3, -0.25) is 4.79 Å². The highest BCUT2D eigenvalue weighted by Crippen LogP contribution is 2.50. The minimum atomic E-state index is -0.680. The van der Waals surface area contributed by atoms with Crippen molar-refractivity contribution in [1.82, 2.24) is 19.1 Å². The molecule has 1 amide bonds. The van der Waals surface area contributed by atoms with Gasteiger partial charge in [0.2, 0.25) is 5.88 Å². The highest BCUT2D eigenvalue weighted by molar-refractivity contribution is 7.92. The summed E-state index contributed by atoms with van der Waals surface area (Å²) in [6.07, 6.45) is 4.84. The SMILES string of the molecule is COc1cc(-c2cc(C(=O)N3CCC(C=O)CC34CC4)nn2SF)c(F)cn1. The summed E-state index contributed by atoms with van der Waals surface area (Å²) in [4.78, 5) is 29.7. The fraction of sp³-hybridized carbons (Fsp3) is 0.444. The Hall–Kier alpha value is -2.49. The van der Waals surface area contributed by atoms with Crippen molar-refractivity contribution in [3.63, 3.8) is 0 Å². The first kappa shape index (κ1) is 18.9. The molecule has 7 nitrogen and oxygen atoms in total. The predicted molar refractivity (Wildman–Crippen MR) is 97.9 cm³/mol. The molecule has 2 aromatic heterocycles. The number of amides is 1. The summed E-state index contributed by atoms with van der Waals surface area (Å²) in [5.41, 5.74) is -0.143. The van der Waals surface area contributed by atoms with Gasteiger partial charge in [-0.2, -0.15) is 9.19 Å². The van der Waals surface area contributed by atoms with Crippen LogP contribution in [0.2, 0.25) is 0 Å². The molecule has 3 heterocycles. The molecule has 1 aliphatic carbocycles. The lowest BCUT2D eigenvalue weighted by Gasteiger charge is -2.38. The van der Waals surface area contributed by atoms with Gasteiger partial charge in [0.1, 0.15) is 6.29 Å². The van der Waals surface area contributed by atoms with Gasteiger partial charge in [-0.1, -0.05) is 0 Å². The number of rotatable bonds is 5. The van der Waals surface area contributed by atoms with E-state index in [0.29, 0.717) is 19.4 Å². The molecule has 4 rings (SSSR count). The molecule has 1 saturated carbocycles. The molecule has 0 aromatic carbocycles. The summed E-state index contributed by atoms with van der Waals surface area (Å²) in [5.74, 6) is -0.897. The number of ether oxygens (including phenoxy) is 1. The molecule has 1 aliphatic heterocycles. The lowest BCUT2D eigenvalue weighted by molar-refractivity contribution is -0.113. The van der Waals surface area contributed by atoms with Gasteiger partial charge in [0.25, 0.3) is 5.91 Å². The molecule has 0 N–H and O–H groups in total. The summed E-state index contributed by atoms with van der Waals surface area (Å²) in [7, 11) is 1.39. The highest BCUT2D eigenvalue weighted by Gasteiger charge is 2.53. The number of nitrogens with zero attached hydrogens (tertiary/aromatic N) is 4. The van der Waals surface area contributed by atoms with Crippen molar-refractivity contribution < 1.29 is 22.6 Å². The average Bonchev–Trinajstić information content (AvgIpc) is 3.33. The minimum absolute atomic E-state index is 0.0318. The van der Waals surface area contributed by atoms with Crippen molar-refractivity contribution in [2.75, 3.05) is 13.7 Å². The van der Waals surface area contributed by atoms with Crippen molar-refractivity contribution >= 4 is 24.5 Å². The number of aromatic nitrogens is 3. The van der Waals surface area contributed by atoms with E-state index >= 15 is 0 Å². The van der Waals surface area contributed by atoms with Crippen LogP contribution in [0.15, 0.2) is 18.3 Å². The highest BCUT2D eigenvalue weighted by atomic mass is 32.2. The quantitative estimate of drug-likeness (QED) is 0.708. The molecule has 2 aliphatic rings. The molecule has 10 heteroatoms. The van der Waals surface area contributed by atoms with Crippen molar-refractivity contribution in [3.8, 4) is 17.1 Å². The Morgan fingerprint density at radius 2 is 2.21 bits per heavy atom. The largest absolute Gasteiger partial charge is 0.481 e. The predicted octanol–water partition coefficient (Wildman–Crippen LogP) is 3.06. The van der Waals surface area contributed by atoms with E-state index in [-0.39, 0.29) is 52.5 Å². The van der Waals surface area contributed by atoms with Crippen LogP contribution >= 0.6 is 12.3 Å². The Balaban J connectivity index is 1.67. The topological polar surface area (TPSA) is 77.3 Å². The van der Waals surface area contributed by atoms with Crippen LogP contribution in [0.5, 0.6) is 5.88 Å². The van der Waals surface area contributed by atoms with Crippen LogP contribution < -0.4 is 4.74 Å². The second kappa shape index (κ2) is 7.16. The van der Waals surface area contributed by atoms with Gasteiger partial charge in [0, 0.05) is 29.6 Å². The zero-order chi connectivity index (χ0) is 19.9. The fourth-order valence-electron chi connectivity index (χ4n) is 3.85. The Kier molecular flexibility index (Phi) is 4.82. The van der Waals surface area contributed by atoms with E-state index < -0.39 is 5.82 Å². The van der Waals surface area contributed by atoms with E-state index in [2.05, 4.69) is 10.1 Å². The number of hydrogen-bond donors (Lipinski definition) is 0. The molecular weight excluding hydrogens is 390 g/mol. The third-order valence-electron chi connectivity index (χ3n) is 5.48. The van der Waals surface area contributed by atoms with Crippen LogP contribution in [0.4, 0.5) is 8.28 Å². The van der Waals surface area contributed by atoms with Crippen LogP contribution in [0.1, 0.15) is 36.2 Å². The summed E-state index contributed by atoms with van der Waals surface area (Å²) in [6.45, 7) is 0.449. The minimum Gasteiger partial charge on any atom is -0.481 e. The van der Waals surface area contributed by atoms with Crippen LogP contribution in [0.25, 0.3) is 11.3 Å². The molecule has 148 valence electrons. The van der Waals surface area contributed by atoms with Crippen LogP contribution in [0.3, 0.4) is 0 Å². The number of carbonyl (C=O) groups is 2. The molecule has 0 bridgehead atoms. The number of carbonyl (C=O) groups excluding carboxylic acids is 2. The summed E-state index contributed by atoms with van der Waals surface area (Å²) in [6, 6.07) is 2.69. The summed E-state index contributed by atoms with van der Waals surface area (Å²) in [5, 5.41) is 4.03. The van der Waals surface area contributed by atoms with Gasteiger partial charge in [-0.25, -0.2) is 9.37 Å². The lowest BCUT2D eigenvalue weighted by Crippen LogP contribution is -2.48. The Bertz CT molecular complexity index is 932. The maximum atomic E-state index is 14.3. The van der Waals surface area contributed by atoms with Crippen molar-refractivity contribution in [2.45, 2.75) is 31.2 Å². The van der Waals surface area contributed by atoms with Gasteiger partial charge in [0.15, 0.2) is 23.8 Å². The number of piperidine rings is 1. The smallest absolute Gasteiger partial charge is 0.274 e. The number of halogens is 2. The Morgan fingerprint density at radius 3 is 2.86 bits per heavy atom. The average molecular weight is 408 g/mol. The molecule has 1 spiro atoms. The molecule has 0 radical (unpaired) electrons. The molecule has 2 fully saturated rings. The van der Waals surface area contributed by atoms with E-state index in [0.717, 1.165) is 29.4 Å². The number of aldehydes is 1. The second-order valence-corrected chi connectivity index (χ2v) is 7.62. The third kappa shape index (κ3) is 3.15. The number of pyridine rings is 1. The van der Waals surface area contributed by atoms with Gasteiger partial charge in [-0.15, -0.1) is 3.89 Å². The van der Waals surface area contributed by atoms with Gasteiger partial charge in [-0.05, 0) is 31.7 Å². The van der Waals surface area contributed by atoms with Gasteiger partial charge >= 0.3 is 0 Å². The standard InChI is InChI=1S/C18H18F2N4O3S/c1-27-16-6-12(13(19)9-21-16)15-7-14(22-24(15)28-20)17(26)23-5-2-11(10-25)8-18(23)3-4-18/h6-7,9-11H,2-5,8H2,1H3. The number of likely N-dealkylation sites (tertiary alicyclic amines) is 1. The first-order valence-electron chi connectivity index (χ1n) is 8.87. The summed E-state index contributed by atoms with van der Waals surface area (Å²) < 4.78 is 33.6. The van der Waals surface area contributed by atoms with Crippen LogP contribution in [-0.2, 0) is 4.79 Å². The van der Waals surface area contributed by atoms with Crippen LogP contribution in [0, 0.1) is 11.7 Å². The molecule has 2 aromatic rings. The maximum absolute atomic E-state index is 14.3. The molecule has 1 atom stereocenters. The first-order chi connectivity index (χ1) is 13.5. The monoisotopic (exact) mass is 408 g/mol. The summed E-state index contributed by atoms with van der Waals surface area (Å²) >= 11 is -0.223. The van der Waals surface area contributed by atoms with Crippen molar-refractivity contribution in [2.24, 2.45) is 5.92 Å². The van der Waals surface area contributed by atoms with Crippen molar-refractivity contribution in [3.05, 3.63) is 29.8 Å². The zero-order valence-electron chi connectivity index (χ0n) is 15.1. The molecule has 28 heavy (non-hydrogen) atoms. The molecule has 1 saturated heterocycles. The van der Waals surface area contributed by atoms with Gasteiger partial charge in [0.05, 0.1) is 19.0 Å². The van der Waals surface area contributed by atoms with Crippen molar-refractivity contribution in [1.29, 1.82) is 0 Å². The third-order valence-corrected chi connectivity index (χ3v) is 5.89. The van der Waals surface area contributed by atoms with E-state index in [1.54, 1.807) is 4.90 Å². The number of hydrogen-bond acceptors (Lipinski definition) is 6. The van der Waals surface area contributed by atoms with E-state index in [4.69, 9.17) is 4.74 Å². The molecule has 1 unspecified atom stereocenters. The second-order valence-electron chi connectivity index (χ2n) is 7.13. The van der Waals surface area contributed by atoms with Crippen LogP contribution in [-0.4, -0.2) is 50.5 Å².